The molecule has 0 amide bonds. The lowest BCUT2D eigenvalue weighted by molar-refractivity contribution is 0.392. The molecule has 98 valence electrons. The Balaban J connectivity index is 1.70. The molecule has 5 heteroatoms. The van der Waals surface area contributed by atoms with Gasteiger partial charge in [-0.1, -0.05) is 5.16 Å². The van der Waals surface area contributed by atoms with Crippen LogP contribution in [0.1, 0.15) is 22.6 Å². The van der Waals surface area contributed by atoms with E-state index in [-0.39, 0.29) is 0 Å². The number of hydrogen-bond donors (Lipinski definition) is 2. The predicted molar refractivity (Wildman–Crippen MR) is 72.6 cm³/mol. The smallest absolute Gasteiger partial charge is 0.138 e. The lowest BCUT2D eigenvalue weighted by Crippen LogP contribution is -2.13. The largest absolute Gasteiger partial charge is 0.361 e. The first kappa shape index (κ1) is 11.9. The molecule has 0 bridgehead atoms. The minimum Gasteiger partial charge on any atom is -0.361 e. The number of hydrogen-bond acceptors (Lipinski definition) is 4. The van der Waals surface area contributed by atoms with Crippen molar-refractivity contribution in [3.63, 3.8) is 0 Å². The molecule has 0 aliphatic rings. The topological polar surface area (TPSA) is 66.7 Å². The Hall–Kier alpha value is -2.14. The Kier molecular flexibility index (Phi) is 3.05. The van der Waals surface area contributed by atoms with Gasteiger partial charge >= 0.3 is 0 Å². The van der Waals surface area contributed by atoms with Gasteiger partial charge in [-0.3, -0.25) is 0 Å². The summed E-state index contributed by atoms with van der Waals surface area (Å²) in [6.07, 6.45) is 3.79. The van der Waals surface area contributed by atoms with E-state index in [4.69, 9.17) is 4.52 Å². The highest BCUT2D eigenvalue weighted by Crippen LogP contribution is 2.16. The molecular formula is C14H16N4O. The highest BCUT2D eigenvalue weighted by molar-refractivity contribution is 5.79. The minimum atomic E-state index is 0.758. The van der Waals surface area contributed by atoms with Gasteiger partial charge in [0, 0.05) is 36.4 Å². The first-order valence-electron chi connectivity index (χ1n) is 6.29. The summed E-state index contributed by atoms with van der Waals surface area (Å²) in [5.41, 5.74) is 4.23. The Bertz CT molecular complexity index is 679. The fourth-order valence-corrected chi connectivity index (χ4v) is 2.24. The number of aromatic amines is 1. The van der Waals surface area contributed by atoms with E-state index >= 15 is 0 Å². The van der Waals surface area contributed by atoms with E-state index in [1.54, 1.807) is 6.20 Å². The fraction of sp³-hybridized carbons (Fsp3) is 0.286. The zero-order chi connectivity index (χ0) is 13.2. The van der Waals surface area contributed by atoms with E-state index in [2.05, 4.69) is 26.5 Å². The SMILES string of the molecule is Cc1noc(C)c1CNCc1c[nH]c2ncccc12. The molecular weight excluding hydrogens is 240 g/mol. The highest BCUT2D eigenvalue weighted by atomic mass is 16.5. The van der Waals surface area contributed by atoms with Crippen LogP contribution in [0.5, 0.6) is 0 Å². The molecule has 0 aromatic carbocycles. The monoisotopic (exact) mass is 256 g/mol. The lowest BCUT2D eigenvalue weighted by Gasteiger charge is -2.03. The number of pyridine rings is 1. The number of nitrogens with one attached hydrogen (secondary N) is 2. The molecule has 0 unspecified atom stereocenters. The third-order valence-corrected chi connectivity index (χ3v) is 3.34. The zero-order valence-corrected chi connectivity index (χ0v) is 11.0. The summed E-state index contributed by atoms with van der Waals surface area (Å²) in [7, 11) is 0. The van der Waals surface area contributed by atoms with E-state index in [1.807, 2.05) is 26.1 Å². The Morgan fingerprint density at radius 1 is 1.32 bits per heavy atom. The second kappa shape index (κ2) is 4.85. The summed E-state index contributed by atoms with van der Waals surface area (Å²) in [5, 5.41) is 8.53. The van der Waals surface area contributed by atoms with Gasteiger partial charge in [0.15, 0.2) is 0 Å². The van der Waals surface area contributed by atoms with Crippen molar-refractivity contribution in [3.05, 3.63) is 47.1 Å². The molecule has 0 atom stereocenters. The molecule has 3 heterocycles. The van der Waals surface area contributed by atoms with Crippen LogP contribution in [-0.2, 0) is 13.1 Å². The van der Waals surface area contributed by atoms with Crippen LogP contribution in [0, 0.1) is 13.8 Å². The van der Waals surface area contributed by atoms with Crippen molar-refractivity contribution in [1.82, 2.24) is 20.4 Å². The number of H-pyrrole nitrogens is 1. The summed E-state index contributed by atoms with van der Waals surface area (Å²) < 4.78 is 5.15. The minimum absolute atomic E-state index is 0.758. The van der Waals surface area contributed by atoms with Gasteiger partial charge in [0.2, 0.25) is 0 Å². The predicted octanol–water partition coefficient (Wildman–Crippen LogP) is 2.46. The van der Waals surface area contributed by atoms with Crippen LogP contribution in [-0.4, -0.2) is 15.1 Å². The van der Waals surface area contributed by atoms with Gasteiger partial charge in [-0.15, -0.1) is 0 Å². The average molecular weight is 256 g/mol. The standard InChI is InChI=1S/C14H16N4O/c1-9-13(10(2)19-18-9)8-15-6-11-7-17-14-12(11)4-3-5-16-14/h3-5,7,15H,6,8H2,1-2H3,(H,16,17). The van der Waals surface area contributed by atoms with Crippen LogP contribution in [0.25, 0.3) is 11.0 Å². The second-order valence-electron chi connectivity index (χ2n) is 4.62. The van der Waals surface area contributed by atoms with E-state index in [0.717, 1.165) is 41.1 Å². The van der Waals surface area contributed by atoms with Gasteiger partial charge in [-0.2, -0.15) is 0 Å². The van der Waals surface area contributed by atoms with Gasteiger partial charge in [0.25, 0.3) is 0 Å². The second-order valence-corrected chi connectivity index (χ2v) is 4.62. The molecule has 0 aliphatic heterocycles. The molecule has 0 spiro atoms. The number of aromatic nitrogens is 3. The van der Waals surface area contributed by atoms with Crippen molar-refractivity contribution in [2.45, 2.75) is 26.9 Å². The number of nitrogens with zero attached hydrogens (tertiary/aromatic N) is 2. The van der Waals surface area contributed by atoms with Gasteiger partial charge in [0.1, 0.15) is 11.4 Å². The van der Waals surface area contributed by atoms with Crippen LogP contribution in [0.4, 0.5) is 0 Å². The summed E-state index contributed by atoms with van der Waals surface area (Å²) >= 11 is 0. The van der Waals surface area contributed by atoms with Crippen LogP contribution in [0.2, 0.25) is 0 Å². The first-order valence-corrected chi connectivity index (χ1v) is 6.29. The van der Waals surface area contributed by atoms with Gasteiger partial charge in [-0.25, -0.2) is 4.98 Å². The van der Waals surface area contributed by atoms with Crippen molar-refractivity contribution in [3.8, 4) is 0 Å². The fourth-order valence-electron chi connectivity index (χ4n) is 2.24. The Labute approximate surface area is 111 Å². The maximum Gasteiger partial charge on any atom is 0.138 e. The van der Waals surface area contributed by atoms with Gasteiger partial charge in [0.05, 0.1) is 5.69 Å². The third-order valence-electron chi connectivity index (χ3n) is 3.34. The Morgan fingerprint density at radius 3 is 3.00 bits per heavy atom. The maximum atomic E-state index is 5.15. The molecule has 0 fully saturated rings. The van der Waals surface area contributed by atoms with Crippen molar-refractivity contribution in [2.24, 2.45) is 0 Å². The van der Waals surface area contributed by atoms with Crippen molar-refractivity contribution < 1.29 is 4.52 Å². The molecule has 19 heavy (non-hydrogen) atoms. The Morgan fingerprint density at radius 2 is 2.21 bits per heavy atom. The van der Waals surface area contributed by atoms with Crippen molar-refractivity contribution in [2.75, 3.05) is 0 Å². The van der Waals surface area contributed by atoms with Crippen LogP contribution in [0.15, 0.2) is 29.0 Å². The molecule has 0 aliphatic carbocycles. The van der Waals surface area contributed by atoms with Crippen molar-refractivity contribution in [1.29, 1.82) is 0 Å². The van der Waals surface area contributed by atoms with E-state index < -0.39 is 0 Å². The molecule has 2 N–H and O–H groups in total. The summed E-state index contributed by atoms with van der Waals surface area (Å²) in [4.78, 5) is 7.45. The average Bonchev–Trinajstić information content (AvgIpc) is 2.97. The van der Waals surface area contributed by atoms with Crippen LogP contribution >= 0.6 is 0 Å². The molecule has 3 aromatic heterocycles. The quantitative estimate of drug-likeness (QED) is 0.752. The van der Waals surface area contributed by atoms with Crippen molar-refractivity contribution >= 4 is 11.0 Å². The molecule has 3 aromatic rings. The first-order chi connectivity index (χ1) is 9.25. The lowest BCUT2D eigenvalue weighted by atomic mass is 10.2. The van der Waals surface area contributed by atoms with E-state index in [9.17, 15) is 0 Å². The van der Waals surface area contributed by atoms with Gasteiger partial charge < -0.3 is 14.8 Å². The number of aryl methyl sites for hydroxylation is 2. The highest BCUT2D eigenvalue weighted by Gasteiger charge is 2.09. The summed E-state index contributed by atoms with van der Waals surface area (Å²) in [6.45, 7) is 5.44. The maximum absolute atomic E-state index is 5.15. The van der Waals surface area contributed by atoms with Gasteiger partial charge in [-0.05, 0) is 31.5 Å². The molecule has 0 saturated carbocycles. The van der Waals surface area contributed by atoms with Crippen LogP contribution in [0.3, 0.4) is 0 Å². The number of fused-ring (bicyclic) bond motifs is 1. The van der Waals surface area contributed by atoms with Crippen LogP contribution < -0.4 is 5.32 Å². The van der Waals surface area contributed by atoms with E-state index in [1.165, 1.54) is 5.56 Å². The molecule has 0 radical (unpaired) electrons. The number of rotatable bonds is 4. The zero-order valence-electron chi connectivity index (χ0n) is 11.0. The third kappa shape index (κ3) is 2.24. The summed E-state index contributed by atoms with van der Waals surface area (Å²) in [5.74, 6) is 0.880. The molecule has 0 saturated heterocycles. The van der Waals surface area contributed by atoms with E-state index in [0.29, 0.717) is 0 Å². The normalized spacial score (nSPS) is 11.3. The molecule has 3 rings (SSSR count). The molecule has 5 nitrogen and oxygen atoms in total. The summed E-state index contributed by atoms with van der Waals surface area (Å²) in [6, 6.07) is 4.03.